The number of aromatic nitrogens is 3. The van der Waals surface area contributed by atoms with E-state index in [0.29, 0.717) is 5.69 Å². The Morgan fingerprint density at radius 1 is 1.07 bits per heavy atom. The molecule has 0 bridgehead atoms. The van der Waals surface area contributed by atoms with E-state index in [1.54, 1.807) is 18.5 Å². The smallest absolute Gasteiger partial charge is 0.116 e. The van der Waals surface area contributed by atoms with Crippen LogP contribution in [0.5, 0.6) is 0 Å². The van der Waals surface area contributed by atoms with Gasteiger partial charge in [-0.05, 0) is 30.0 Å². The van der Waals surface area contributed by atoms with Gasteiger partial charge in [0.15, 0.2) is 0 Å². The molecule has 2 heterocycles. The number of nitrogens with zero attached hydrogens (tertiary/aromatic N) is 3. The van der Waals surface area contributed by atoms with Crippen LogP contribution in [0.25, 0.3) is 0 Å². The van der Waals surface area contributed by atoms with Crippen LogP contribution in [0.1, 0.15) is 0 Å². The molecule has 0 amide bonds. The van der Waals surface area contributed by atoms with Crippen molar-refractivity contribution in [2.45, 2.75) is 10.1 Å². The van der Waals surface area contributed by atoms with Crippen molar-refractivity contribution in [3.63, 3.8) is 0 Å². The summed E-state index contributed by atoms with van der Waals surface area (Å²) in [6.07, 6.45) is 4.88. The first-order valence-corrected chi connectivity index (χ1v) is 4.81. The second-order valence-corrected chi connectivity index (χ2v) is 3.62. The highest BCUT2D eigenvalue weighted by molar-refractivity contribution is 7.99. The van der Waals surface area contributed by atoms with Crippen LogP contribution >= 0.6 is 11.8 Å². The fourth-order valence-electron chi connectivity index (χ4n) is 0.927. The van der Waals surface area contributed by atoms with E-state index < -0.39 is 0 Å². The van der Waals surface area contributed by atoms with Crippen LogP contribution in [0, 0.1) is 0 Å². The zero-order valence-electron chi connectivity index (χ0n) is 7.29. The minimum atomic E-state index is 0.705. The first-order valence-electron chi connectivity index (χ1n) is 4.00. The molecule has 2 N–H and O–H groups in total. The summed E-state index contributed by atoms with van der Waals surface area (Å²) in [6.45, 7) is 0. The van der Waals surface area contributed by atoms with Gasteiger partial charge in [-0.2, -0.15) is 0 Å². The highest BCUT2D eigenvalue weighted by Crippen LogP contribution is 2.23. The zero-order valence-corrected chi connectivity index (χ0v) is 8.11. The number of anilines is 1. The minimum Gasteiger partial charge on any atom is -0.399 e. The summed E-state index contributed by atoms with van der Waals surface area (Å²) in [7, 11) is 0. The van der Waals surface area contributed by atoms with Crippen LogP contribution in [-0.4, -0.2) is 15.0 Å². The van der Waals surface area contributed by atoms with Crippen molar-refractivity contribution >= 4 is 17.4 Å². The molecule has 2 rings (SSSR count). The molecular weight excluding hydrogens is 196 g/mol. The van der Waals surface area contributed by atoms with Gasteiger partial charge in [-0.25, -0.2) is 15.0 Å². The number of nitrogen functional groups attached to an aromatic ring is 1. The normalized spacial score (nSPS) is 10.0. The Morgan fingerprint density at radius 2 is 2.00 bits per heavy atom. The lowest BCUT2D eigenvalue weighted by atomic mass is 10.4. The van der Waals surface area contributed by atoms with Crippen molar-refractivity contribution in [3.05, 3.63) is 36.9 Å². The van der Waals surface area contributed by atoms with Crippen LogP contribution in [0.2, 0.25) is 0 Å². The molecule has 4 nitrogen and oxygen atoms in total. The van der Waals surface area contributed by atoms with Gasteiger partial charge in [-0.3, -0.25) is 0 Å². The highest BCUT2D eigenvalue weighted by Gasteiger charge is 1.99. The highest BCUT2D eigenvalue weighted by atomic mass is 32.2. The van der Waals surface area contributed by atoms with Crippen molar-refractivity contribution < 1.29 is 0 Å². The third kappa shape index (κ3) is 2.20. The Hall–Kier alpha value is -1.62. The molecule has 0 unspecified atom stereocenters. The van der Waals surface area contributed by atoms with Gasteiger partial charge in [-0.1, -0.05) is 0 Å². The van der Waals surface area contributed by atoms with E-state index in [9.17, 15) is 0 Å². The summed E-state index contributed by atoms with van der Waals surface area (Å²) >= 11 is 1.46. The Bertz CT molecular complexity index is 418. The van der Waals surface area contributed by atoms with Crippen molar-refractivity contribution in [3.8, 4) is 0 Å². The molecule has 0 saturated heterocycles. The molecule has 0 saturated carbocycles. The van der Waals surface area contributed by atoms with Crippen LogP contribution in [0.4, 0.5) is 5.69 Å². The lowest BCUT2D eigenvalue weighted by molar-refractivity contribution is 1.04. The molecule has 0 aliphatic heterocycles. The van der Waals surface area contributed by atoms with E-state index in [4.69, 9.17) is 5.73 Å². The maximum Gasteiger partial charge on any atom is 0.116 e. The molecule has 5 heteroatoms. The fraction of sp³-hybridized carbons (Fsp3) is 0. The number of pyridine rings is 1. The summed E-state index contributed by atoms with van der Waals surface area (Å²) in [6, 6.07) is 5.40. The van der Waals surface area contributed by atoms with Gasteiger partial charge < -0.3 is 5.73 Å². The maximum absolute atomic E-state index is 5.63. The summed E-state index contributed by atoms with van der Waals surface area (Å²) < 4.78 is 0. The molecule has 0 aliphatic carbocycles. The van der Waals surface area contributed by atoms with Gasteiger partial charge >= 0.3 is 0 Å². The van der Waals surface area contributed by atoms with Gasteiger partial charge in [0.25, 0.3) is 0 Å². The average Bonchev–Trinajstić information content (AvgIpc) is 2.19. The third-order valence-corrected chi connectivity index (χ3v) is 2.41. The van der Waals surface area contributed by atoms with Gasteiger partial charge in [0.05, 0.1) is 0 Å². The molecule has 2 aromatic heterocycles. The van der Waals surface area contributed by atoms with Gasteiger partial charge in [0, 0.05) is 18.1 Å². The summed E-state index contributed by atoms with van der Waals surface area (Å²) in [5.74, 6) is 0. The molecule has 0 atom stereocenters. The topological polar surface area (TPSA) is 64.7 Å². The summed E-state index contributed by atoms with van der Waals surface area (Å²) in [5.41, 5.74) is 6.33. The largest absolute Gasteiger partial charge is 0.399 e. The molecule has 0 radical (unpaired) electrons. The zero-order chi connectivity index (χ0) is 9.80. The van der Waals surface area contributed by atoms with Crippen LogP contribution in [0.15, 0.2) is 47.0 Å². The molecule has 0 aromatic carbocycles. The summed E-state index contributed by atoms with van der Waals surface area (Å²) in [4.78, 5) is 12.1. The number of nitrogens with two attached hydrogens (primary N) is 1. The Morgan fingerprint density at radius 3 is 2.71 bits per heavy atom. The average molecular weight is 204 g/mol. The number of hydrogen-bond acceptors (Lipinski definition) is 5. The van der Waals surface area contributed by atoms with E-state index in [2.05, 4.69) is 15.0 Å². The van der Waals surface area contributed by atoms with Crippen molar-refractivity contribution in [2.24, 2.45) is 0 Å². The first kappa shape index (κ1) is 8.96. The second-order valence-electron chi connectivity index (χ2n) is 2.58. The van der Waals surface area contributed by atoms with E-state index >= 15 is 0 Å². The van der Waals surface area contributed by atoms with Crippen molar-refractivity contribution in [1.29, 1.82) is 0 Å². The Balaban J connectivity index is 2.19. The Labute approximate surface area is 85.6 Å². The van der Waals surface area contributed by atoms with E-state index in [1.807, 2.05) is 12.1 Å². The molecule has 70 valence electrons. The van der Waals surface area contributed by atoms with Gasteiger partial charge in [-0.15, -0.1) is 0 Å². The standard InChI is InChI=1S/C9H8N4S/c10-7-1-4-12-9(5-7)14-8-2-3-11-6-13-8/h1-6H,(H2,10,12). The molecular formula is C9H8N4S. The van der Waals surface area contributed by atoms with Gasteiger partial charge in [0.1, 0.15) is 16.4 Å². The Kier molecular flexibility index (Phi) is 2.60. The second kappa shape index (κ2) is 4.06. The van der Waals surface area contributed by atoms with E-state index in [-0.39, 0.29) is 0 Å². The van der Waals surface area contributed by atoms with Crippen LogP contribution in [-0.2, 0) is 0 Å². The van der Waals surface area contributed by atoms with Crippen molar-refractivity contribution in [2.75, 3.05) is 5.73 Å². The number of hydrogen-bond donors (Lipinski definition) is 1. The summed E-state index contributed by atoms with van der Waals surface area (Å²) in [5, 5.41) is 1.70. The SMILES string of the molecule is Nc1ccnc(Sc2ccncn2)c1. The predicted molar refractivity (Wildman–Crippen MR) is 54.8 cm³/mol. The van der Waals surface area contributed by atoms with Crippen LogP contribution < -0.4 is 5.73 Å². The minimum absolute atomic E-state index is 0.705. The lowest BCUT2D eigenvalue weighted by Crippen LogP contribution is -1.87. The maximum atomic E-state index is 5.63. The van der Waals surface area contributed by atoms with E-state index in [0.717, 1.165) is 10.1 Å². The molecule has 0 aliphatic rings. The molecule has 0 fully saturated rings. The molecule has 14 heavy (non-hydrogen) atoms. The monoisotopic (exact) mass is 204 g/mol. The third-order valence-electron chi connectivity index (χ3n) is 1.52. The van der Waals surface area contributed by atoms with E-state index in [1.165, 1.54) is 18.1 Å². The molecule has 2 aromatic rings. The lowest BCUT2D eigenvalue weighted by Gasteiger charge is -1.99. The van der Waals surface area contributed by atoms with Gasteiger partial charge in [0.2, 0.25) is 0 Å². The van der Waals surface area contributed by atoms with Crippen molar-refractivity contribution in [1.82, 2.24) is 15.0 Å². The quantitative estimate of drug-likeness (QED) is 0.753. The fourth-order valence-corrected chi connectivity index (χ4v) is 1.68. The number of rotatable bonds is 2. The van der Waals surface area contributed by atoms with Crippen LogP contribution in [0.3, 0.4) is 0 Å². The first-order chi connectivity index (χ1) is 6.84. The molecule has 0 spiro atoms. The predicted octanol–water partition coefficient (Wildman–Crippen LogP) is 1.60.